The summed E-state index contributed by atoms with van der Waals surface area (Å²) in [5.41, 5.74) is -0.520. The average molecular weight is 223 g/mol. The van der Waals surface area contributed by atoms with Crippen molar-refractivity contribution < 1.29 is 13.9 Å². The maximum absolute atomic E-state index is 13.4. The number of benzene rings is 1. The molecule has 16 heavy (non-hydrogen) atoms. The van der Waals surface area contributed by atoms with Crippen LogP contribution in [0.25, 0.3) is 5.69 Å². The third-order valence-electron chi connectivity index (χ3n) is 2.06. The molecule has 0 saturated carbocycles. The summed E-state index contributed by atoms with van der Waals surface area (Å²) >= 11 is 0. The Hall–Kier alpha value is -2.17. The first-order valence-electron chi connectivity index (χ1n) is 4.45. The van der Waals surface area contributed by atoms with Crippen LogP contribution in [0.4, 0.5) is 8.78 Å². The number of rotatable bonds is 1. The minimum Gasteiger partial charge on any atom is -0.508 e. The molecule has 0 amide bonds. The molecule has 0 bridgehead atoms. The van der Waals surface area contributed by atoms with E-state index in [1.807, 2.05) is 0 Å². The molecule has 1 heterocycles. The Morgan fingerprint density at radius 2 is 1.69 bits per heavy atom. The van der Waals surface area contributed by atoms with Crippen molar-refractivity contribution in [2.75, 3.05) is 0 Å². The zero-order valence-corrected chi connectivity index (χ0v) is 8.02. The first-order valence-corrected chi connectivity index (χ1v) is 4.45. The summed E-state index contributed by atoms with van der Waals surface area (Å²) in [6.07, 6.45) is 0. The number of aromatic hydroxyl groups is 1. The molecule has 0 saturated heterocycles. The molecule has 0 fully saturated rings. The van der Waals surface area contributed by atoms with Crippen molar-refractivity contribution in [3.8, 4) is 11.4 Å². The van der Waals surface area contributed by atoms with Gasteiger partial charge in [-0.05, 0) is 24.3 Å². The Morgan fingerprint density at radius 3 is 2.25 bits per heavy atom. The Labute approximate surface area is 89.2 Å². The van der Waals surface area contributed by atoms with Crippen molar-refractivity contribution in [1.82, 2.24) is 4.57 Å². The second-order valence-corrected chi connectivity index (χ2v) is 3.19. The predicted molar refractivity (Wildman–Crippen MR) is 53.6 cm³/mol. The van der Waals surface area contributed by atoms with Crippen molar-refractivity contribution in [3.05, 3.63) is 58.5 Å². The van der Waals surface area contributed by atoms with Gasteiger partial charge in [0.2, 0.25) is 5.95 Å². The molecule has 0 unspecified atom stereocenters. The number of pyridine rings is 1. The summed E-state index contributed by atoms with van der Waals surface area (Å²) < 4.78 is 26.8. The van der Waals surface area contributed by atoms with E-state index in [0.717, 1.165) is 28.8 Å². The third kappa shape index (κ3) is 1.79. The SMILES string of the molecule is O=c1cc(O)cc(F)n1-c1ccc(F)cc1. The molecule has 5 heteroatoms. The van der Waals surface area contributed by atoms with E-state index in [2.05, 4.69) is 0 Å². The second-order valence-electron chi connectivity index (χ2n) is 3.19. The fraction of sp³-hybridized carbons (Fsp3) is 0. The third-order valence-corrected chi connectivity index (χ3v) is 2.06. The van der Waals surface area contributed by atoms with E-state index in [1.165, 1.54) is 12.1 Å². The lowest BCUT2D eigenvalue weighted by atomic mass is 10.3. The van der Waals surface area contributed by atoms with Crippen LogP contribution in [0.2, 0.25) is 0 Å². The summed E-state index contributed by atoms with van der Waals surface area (Å²) in [6, 6.07) is 6.48. The highest BCUT2D eigenvalue weighted by atomic mass is 19.1. The molecular weight excluding hydrogens is 216 g/mol. The van der Waals surface area contributed by atoms with E-state index >= 15 is 0 Å². The van der Waals surface area contributed by atoms with Crippen LogP contribution in [-0.4, -0.2) is 9.67 Å². The van der Waals surface area contributed by atoms with Crippen LogP contribution in [0.5, 0.6) is 5.75 Å². The average Bonchev–Trinajstić information content (AvgIpc) is 2.19. The number of aromatic nitrogens is 1. The predicted octanol–water partition coefficient (Wildman–Crippen LogP) is 1.82. The van der Waals surface area contributed by atoms with Gasteiger partial charge in [0.15, 0.2) is 0 Å². The largest absolute Gasteiger partial charge is 0.508 e. The second kappa shape index (κ2) is 3.77. The van der Waals surface area contributed by atoms with Crippen LogP contribution < -0.4 is 5.56 Å². The van der Waals surface area contributed by atoms with Gasteiger partial charge in [0.05, 0.1) is 5.69 Å². The number of hydrogen-bond donors (Lipinski definition) is 1. The van der Waals surface area contributed by atoms with Crippen molar-refractivity contribution in [3.63, 3.8) is 0 Å². The van der Waals surface area contributed by atoms with Crippen molar-refractivity contribution in [2.24, 2.45) is 0 Å². The highest BCUT2D eigenvalue weighted by Crippen LogP contribution is 2.12. The van der Waals surface area contributed by atoms with Gasteiger partial charge in [-0.3, -0.25) is 9.36 Å². The molecule has 2 rings (SSSR count). The summed E-state index contributed by atoms with van der Waals surface area (Å²) in [4.78, 5) is 11.4. The van der Waals surface area contributed by atoms with E-state index in [9.17, 15) is 13.6 Å². The fourth-order valence-corrected chi connectivity index (χ4v) is 1.37. The fourth-order valence-electron chi connectivity index (χ4n) is 1.37. The van der Waals surface area contributed by atoms with Crippen LogP contribution in [-0.2, 0) is 0 Å². The Kier molecular flexibility index (Phi) is 2.44. The summed E-state index contributed by atoms with van der Waals surface area (Å²) in [6.45, 7) is 0. The van der Waals surface area contributed by atoms with Gasteiger partial charge in [0, 0.05) is 12.1 Å². The zero-order chi connectivity index (χ0) is 11.7. The summed E-state index contributed by atoms with van der Waals surface area (Å²) in [5, 5.41) is 9.00. The van der Waals surface area contributed by atoms with Crippen molar-refractivity contribution in [2.45, 2.75) is 0 Å². The Morgan fingerprint density at radius 1 is 1.06 bits per heavy atom. The molecule has 3 nitrogen and oxygen atoms in total. The van der Waals surface area contributed by atoms with Crippen LogP contribution in [0.15, 0.2) is 41.2 Å². The van der Waals surface area contributed by atoms with Crippen molar-refractivity contribution >= 4 is 0 Å². The molecule has 1 aromatic carbocycles. The van der Waals surface area contributed by atoms with Crippen LogP contribution in [0.1, 0.15) is 0 Å². The standard InChI is InChI=1S/C11H7F2NO2/c12-7-1-3-8(4-2-7)14-10(13)5-9(15)6-11(14)16/h1-6,15H. The topological polar surface area (TPSA) is 42.2 Å². The Balaban J connectivity index is 2.65. The maximum Gasteiger partial charge on any atom is 0.261 e. The number of halogens is 2. The van der Waals surface area contributed by atoms with Gasteiger partial charge in [-0.1, -0.05) is 0 Å². The minimum absolute atomic E-state index is 0.198. The smallest absolute Gasteiger partial charge is 0.261 e. The van der Waals surface area contributed by atoms with Crippen LogP contribution in [0, 0.1) is 11.8 Å². The first-order chi connectivity index (χ1) is 7.58. The summed E-state index contributed by atoms with van der Waals surface area (Å²) in [7, 11) is 0. The van der Waals surface area contributed by atoms with Gasteiger partial charge in [-0.15, -0.1) is 0 Å². The molecule has 0 spiro atoms. The van der Waals surface area contributed by atoms with Gasteiger partial charge in [0.25, 0.3) is 5.56 Å². The molecule has 82 valence electrons. The van der Waals surface area contributed by atoms with Gasteiger partial charge in [0.1, 0.15) is 11.6 Å². The van der Waals surface area contributed by atoms with E-state index in [-0.39, 0.29) is 5.69 Å². The molecule has 0 atom stereocenters. The van der Waals surface area contributed by atoms with E-state index in [1.54, 1.807) is 0 Å². The molecule has 0 aliphatic carbocycles. The highest BCUT2D eigenvalue weighted by Gasteiger charge is 2.07. The lowest BCUT2D eigenvalue weighted by Gasteiger charge is -2.06. The van der Waals surface area contributed by atoms with E-state index in [4.69, 9.17) is 5.11 Å². The Bertz CT molecular complexity index is 576. The molecular formula is C11H7F2NO2. The lowest BCUT2D eigenvalue weighted by Crippen LogP contribution is -2.19. The van der Waals surface area contributed by atoms with Crippen LogP contribution >= 0.6 is 0 Å². The highest BCUT2D eigenvalue weighted by molar-refractivity contribution is 5.34. The minimum atomic E-state index is -0.906. The van der Waals surface area contributed by atoms with Gasteiger partial charge in [-0.2, -0.15) is 4.39 Å². The van der Waals surface area contributed by atoms with E-state index < -0.39 is 23.1 Å². The lowest BCUT2D eigenvalue weighted by molar-refractivity contribution is 0.456. The van der Waals surface area contributed by atoms with Gasteiger partial charge >= 0.3 is 0 Å². The van der Waals surface area contributed by atoms with Crippen molar-refractivity contribution in [1.29, 1.82) is 0 Å². The van der Waals surface area contributed by atoms with Gasteiger partial charge in [-0.25, -0.2) is 4.39 Å². The number of nitrogens with zero attached hydrogens (tertiary/aromatic N) is 1. The summed E-state index contributed by atoms with van der Waals surface area (Å²) in [5.74, 6) is -1.83. The van der Waals surface area contributed by atoms with Crippen LogP contribution in [0.3, 0.4) is 0 Å². The molecule has 1 N–H and O–H groups in total. The molecule has 0 radical (unpaired) electrons. The van der Waals surface area contributed by atoms with E-state index in [0.29, 0.717) is 0 Å². The van der Waals surface area contributed by atoms with Gasteiger partial charge < -0.3 is 5.11 Å². The quantitative estimate of drug-likeness (QED) is 0.749. The molecule has 1 aromatic heterocycles. The number of hydrogen-bond acceptors (Lipinski definition) is 2. The molecule has 0 aliphatic rings. The first kappa shape index (κ1) is 10.4. The molecule has 0 aliphatic heterocycles. The maximum atomic E-state index is 13.4. The normalized spacial score (nSPS) is 10.4. The molecule has 2 aromatic rings. The monoisotopic (exact) mass is 223 g/mol. The zero-order valence-electron chi connectivity index (χ0n) is 8.02.